The first-order valence-electron chi connectivity index (χ1n) is 9.76. The Morgan fingerprint density at radius 3 is 2.33 bits per heavy atom. The van der Waals surface area contributed by atoms with Gasteiger partial charge in [-0.15, -0.1) is 0 Å². The number of amides is 2. The normalized spacial score (nSPS) is 18.4. The number of nitrogens with one attached hydrogen (secondary N) is 3. The van der Waals surface area contributed by atoms with Crippen LogP contribution in [0.25, 0.3) is 0 Å². The van der Waals surface area contributed by atoms with E-state index in [0.717, 1.165) is 5.56 Å². The molecular weight excluding hydrogens is 389 g/mol. The summed E-state index contributed by atoms with van der Waals surface area (Å²) in [6.07, 6.45) is 0.442. The number of methoxy groups -OCH3 is 2. The highest BCUT2D eigenvalue weighted by Gasteiger charge is 2.31. The van der Waals surface area contributed by atoms with Crippen molar-refractivity contribution in [2.75, 3.05) is 32.6 Å². The van der Waals surface area contributed by atoms with Crippen LogP contribution in [0.1, 0.15) is 12.0 Å². The van der Waals surface area contributed by atoms with Crippen LogP contribution in [0.3, 0.4) is 0 Å². The first-order valence-corrected chi connectivity index (χ1v) is 9.76. The molecule has 0 spiro atoms. The number of benzene rings is 2. The lowest BCUT2D eigenvalue weighted by atomic mass is 9.89. The fourth-order valence-corrected chi connectivity index (χ4v) is 3.44. The highest BCUT2D eigenvalue weighted by molar-refractivity contribution is 5.93. The molecule has 2 amide bonds. The predicted octanol–water partition coefficient (Wildman–Crippen LogP) is 2.32. The van der Waals surface area contributed by atoms with E-state index in [1.807, 2.05) is 12.1 Å². The van der Waals surface area contributed by atoms with Gasteiger partial charge in [0.15, 0.2) is 11.5 Å². The SMILES string of the molecule is COc1ccc(CNC(=O)[C@@H]2CNC[C@H](C(=O)Nc3ccc(F)cc3)C2)cc1OC. The zero-order valence-corrected chi connectivity index (χ0v) is 17.0. The van der Waals surface area contributed by atoms with Crippen LogP contribution < -0.4 is 25.4 Å². The van der Waals surface area contributed by atoms with E-state index in [1.165, 1.54) is 24.3 Å². The van der Waals surface area contributed by atoms with Gasteiger partial charge < -0.3 is 25.4 Å². The van der Waals surface area contributed by atoms with Gasteiger partial charge in [-0.3, -0.25) is 9.59 Å². The Morgan fingerprint density at radius 2 is 1.67 bits per heavy atom. The highest BCUT2D eigenvalue weighted by atomic mass is 19.1. The Labute approximate surface area is 174 Å². The third-order valence-electron chi connectivity index (χ3n) is 5.12. The maximum atomic E-state index is 13.0. The summed E-state index contributed by atoms with van der Waals surface area (Å²) in [5.41, 5.74) is 1.41. The molecule has 30 heavy (non-hydrogen) atoms. The topological polar surface area (TPSA) is 88.7 Å². The molecule has 3 N–H and O–H groups in total. The van der Waals surface area contributed by atoms with Crippen molar-refractivity contribution in [3.63, 3.8) is 0 Å². The summed E-state index contributed by atoms with van der Waals surface area (Å²) < 4.78 is 23.5. The van der Waals surface area contributed by atoms with Gasteiger partial charge in [0.2, 0.25) is 11.8 Å². The van der Waals surface area contributed by atoms with E-state index < -0.39 is 0 Å². The number of hydrogen-bond acceptors (Lipinski definition) is 5. The lowest BCUT2D eigenvalue weighted by molar-refractivity contribution is -0.127. The third kappa shape index (κ3) is 5.48. The van der Waals surface area contributed by atoms with E-state index in [2.05, 4.69) is 16.0 Å². The Morgan fingerprint density at radius 1 is 1.00 bits per heavy atom. The van der Waals surface area contributed by atoms with Crippen molar-refractivity contribution >= 4 is 17.5 Å². The van der Waals surface area contributed by atoms with Crippen molar-refractivity contribution in [2.24, 2.45) is 11.8 Å². The molecule has 1 saturated heterocycles. The summed E-state index contributed by atoms with van der Waals surface area (Å²) in [7, 11) is 3.13. The van der Waals surface area contributed by atoms with E-state index in [0.29, 0.717) is 43.2 Å². The van der Waals surface area contributed by atoms with E-state index in [4.69, 9.17) is 9.47 Å². The van der Waals surface area contributed by atoms with Crippen LogP contribution in [0, 0.1) is 17.7 Å². The maximum absolute atomic E-state index is 13.0. The molecule has 0 radical (unpaired) electrons. The second-order valence-electron chi connectivity index (χ2n) is 7.19. The minimum absolute atomic E-state index is 0.114. The van der Waals surface area contributed by atoms with E-state index >= 15 is 0 Å². The predicted molar refractivity (Wildman–Crippen MR) is 111 cm³/mol. The maximum Gasteiger partial charge on any atom is 0.228 e. The average Bonchev–Trinajstić information content (AvgIpc) is 2.78. The summed E-state index contributed by atoms with van der Waals surface area (Å²) in [5, 5.41) is 8.86. The molecule has 160 valence electrons. The molecule has 0 unspecified atom stereocenters. The molecule has 1 fully saturated rings. The van der Waals surface area contributed by atoms with Gasteiger partial charge in [0, 0.05) is 25.3 Å². The summed E-state index contributed by atoms with van der Waals surface area (Å²) in [4.78, 5) is 25.2. The quantitative estimate of drug-likeness (QED) is 0.646. The summed E-state index contributed by atoms with van der Waals surface area (Å²) in [5.74, 6) is -0.106. The van der Waals surface area contributed by atoms with Gasteiger partial charge in [-0.05, 0) is 48.4 Å². The molecule has 1 aliphatic rings. The fourth-order valence-electron chi connectivity index (χ4n) is 3.44. The average molecular weight is 415 g/mol. The fraction of sp³-hybridized carbons (Fsp3) is 0.364. The molecule has 2 aromatic carbocycles. The Hall–Kier alpha value is -3.13. The van der Waals surface area contributed by atoms with Crippen LogP contribution in [0.5, 0.6) is 11.5 Å². The molecular formula is C22H26FN3O4. The first-order chi connectivity index (χ1) is 14.5. The second kappa shape index (κ2) is 10.1. The van der Waals surface area contributed by atoms with Gasteiger partial charge in [0.25, 0.3) is 0 Å². The Balaban J connectivity index is 1.53. The highest BCUT2D eigenvalue weighted by Crippen LogP contribution is 2.27. The van der Waals surface area contributed by atoms with E-state index in [9.17, 15) is 14.0 Å². The largest absolute Gasteiger partial charge is 0.493 e. The molecule has 0 aromatic heterocycles. The molecule has 0 aliphatic carbocycles. The van der Waals surface area contributed by atoms with Crippen LogP contribution in [0.2, 0.25) is 0 Å². The van der Waals surface area contributed by atoms with Crippen molar-refractivity contribution in [3.05, 3.63) is 53.8 Å². The van der Waals surface area contributed by atoms with Gasteiger partial charge in [0.05, 0.1) is 26.1 Å². The molecule has 3 rings (SSSR count). The molecule has 1 aliphatic heterocycles. The number of carbonyl (C=O) groups excluding carboxylic acids is 2. The molecule has 7 nitrogen and oxygen atoms in total. The number of carbonyl (C=O) groups is 2. The molecule has 1 heterocycles. The summed E-state index contributed by atoms with van der Waals surface area (Å²) >= 11 is 0. The third-order valence-corrected chi connectivity index (χ3v) is 5.12. The van der Waals surface area contributed by atoms with Crippen molar-refractivity contribution < 1.29 is 23.5 Å². The first kappa shape index (κ1) is 21.6. The minimum atomic E-state index is -0.362. The number of halogens is 1. The minimum Gasteiger partial charge on any atom is -0.493 e. The lowest BCUT2D eigenvalue weighted by Gasteiger charge is -2.28. The Kier molecular flexibility index (Phi) is 7.24. The number of anilines is 1. The number of hydrogen-bond donors (Lipinski definition) is 3. The number of rotatable bonds is 7. The van der Waals surface area contributed by atoms with Crippen LogP contribution in [-0.4, -0.2) is 39.1 Å². The lowest BCUT2D eigenvalue weighted by Crippen LogP contribution is -2.47. The van der Waals surface area contributed by atoms with Crippen molar-refractivity contribution in [3.8, 4) is 11.5 Å². The molecule has 8 heteroatoms. The van der Waals surface area contributed by atoms with Crippen molar-refractivity contribution in [2.45, 2.75) is 13.0 Å². The number of ether oxygens (including phenoxy) is 2. The standard InChI is InChI=1S/C22H26FN3O4/c1-29-19-8-3-14(9-20(19)30-2)11-25-21(27)15-10-16(13-24-12-15)22(28)26-18-6-4-17(23)5-7-18/h3-9,15-16,24H,10-13H2,1-2H3,(H,25,27)(H,26,28)/t15-,16+/m0/s1. The van der Waals surface area contributed by atoms with Crippen molar-refractivity contribution in [1.82, 2.24) is 10.6 Å². The zero-order valence-electron chi connectivity index (χ0n) is 17.0. The van der Waals surface area contributed by atoms with Crippen LogP contribution in [-0.2, 0) is 16.1 Å². The number of piperidine rings is 1. The van der Waals surface area contributed by atoms with Gasteiger partial charge in [-0.25, -0.2) is 4.39 Å². The van der Waals surface area contributed by atoms with Gasteiger partial charge in [0.1, 0.15) is 5.82 Å². The van der Waals surface area contributed by atoms with Crippen molar-refractivity contribution in [1.29, 1.82) is 0 Å². The second-order valence-corrected chi connectivity index (χ2v) is 7.19. The molecule has 2 atom stereocenters. The Bertz CT molecular complexity index is 888. The van der Waals surface area contributed by atoms with Gasteiger partial charge >= 0.3 is 0 Å². The summed E-state index contributed by atoms with van der Waals surface area (Å²) in [6.45, 7) is 1.35. The van der Waals surface area contributed by atoms with Gasteiger partial charge in [-0.2, -0.15) is 0 Å². The van der Waals surface area contributed by atoms with E-state index in [1.54, 1.807) is 20.3 Å². The van der Waals surface area contributed by atoms with Crippen LogP contribution in [0.4, 0.5) is 10.1 Å². The molecule has 2 aromatic rings. The van der Waals surface area contributed by atoms with Gasteiger partial charge in [-0.1, -0.05) is 6.07 Å². The zero-order chi connectivity index (χ0) is 21.5. The smallest absolute Gasteiger partial charge is 0.228 e. The van der Waals surface area contributed by atoms with Crippen LogP contribution in [0.15, 0.2) is 42.5 Å². The van der Waals surface area contributed by atoms with E-state index in [-0.39, 0.29) is 29.5 Å². The van der Waals surface area contributed by atoms with Crippen LogP contribution >= 0.6 is 0 Å². The molecule has 0 bridgehead atoms. The summed E-state index contributed by atoms with van der Waals surface area (Å²) in [6, 6.07) is 11.1. The molecule has 0 saturated carbocycles. The monoisotopic (exact) mass is 415 g/mol.